The van der Waals surface area contributed by atoms with E-state index in [1.165, 1.54) is 6.34 Å². The van der Waals surface area contributed by atoms with Gasteiger partial charge in [0.05, 0.1) is 17.3 Å². The predicted molar refractivity (Wildman–Crippen MR) is 138 cm³/mol. The topological polar surface area (TPSA) is 85.6 Å². The van der Waals surface area contributed by atoms with E-state index in [2.05, 4.69) is 45.3 Å². The zero-order valence-corrected chi connectivity index (χ0v) is 20.6. The van der Waals surface area contributed by atoms with Gasteiger partial charge >= 0.3 is 0 Å². The number of pyridine rings is 1. The summed E-state index contributed by atoms with van der Waals surface area (Å²) in [7, 11) is 4.30. The molecule has 8 nitrogen and oxygen atoms in total. The molecule has 0 amide bonds. The minimum absolute atomic E-state index is 0.113. The van der Waals surface area contributed by atoms with Crippen LogP contribution in [0, 0.1) is 12.8 Å². The molecule has 2 atom stereocenters. The second-order valence-electron chi connectivity index (χ2n) is 9.48. The van der Waals surface area contributed by atoms with E-state index in [0.717, 1.165) is 43.1 Å². The summed E-state index contributed by atoms with van der Waals surface area (Å²) in [5.74, 6) is 1.34. The maximum atomic E-state index is 12.8. The van der Waals surface area contributed by atoms with Gasteiger partial charge in [-0.25, -0.2) is 20.0 Å². The summed E-state index contributed by atoms with van der Waals surface area (Å²) in [5, 5.41) is 3.76. The maximum absolute atomic E-state index is 12.8. The third-order valence-electron chi connectivity index (χ3n) is 7.22. The summed E-state index contributed by atoms with van der Waals surface area (Å²) in [6, 6.07) is 4.74. The number of allylic oxidation sites excluding steroid dienone is 2. The average molecular weight is 480 g/mol. The highest BCUT2D eigenvalue weighted by molar-refractivity contribution is 6.70. The second-order valence-corrected chi connectivity index (χ2v) is 9.83. The molecule has 1 saturated heterocycles. The molecular weight excluding hydrogens is 450 g/mol. The number of rotatable bonds is 3. The van der Waals surface area contributed by atoms with E-state index in [1.807, 2.05) is 31.2 Å². The van der Waals surface area contributed by atoms with Crippen molar-refractivity contribution in [1.29, 1.82) is 0 Å². The van der Waals surface area contributed by atoms with Crippen LogP contribution in [0.4, 0.5) is 11.5 Å². The number of ketones is 1. The van der Waals surface area contributed by atoms with Crippen LogP contribution in [-0.4, -0.2) is 71.9 Å². The van der Waals surface area contributed by atoms with Gasteiger partial charge in [-0.1, -0.05) is 23.8 Å². The number of amidine groups is 1. The highest BCUT2D eigenvalue weighted by Crippen LogP contribution is 2.43. The molecule has 1 fully saturated rings. The first-order valence-electron chi connectivity index (χ1n) is 11.8. The lowest BCUT2D eigenvalue weighted by molar-refractivity contribution is -0.123. The molecule has 0 aromatic carbocycles. The number of halogens is 1. The molecule has 9 heteroatoms. The van der Waals surface area contributed by atoms with Crippen LogP contribution in [0.2, 0.25) is 0 Å². The summed E-state index contributed by atoms with van der Waals surface area (Å²) < 4.78 is 0. The molecular formula is C25H30ClN7O. The van der Waals surface area contributed by atoms with Crippen molar-refractivity contribution in [2.45, 2.75) is 44.3 Å². The van der Waals surface area contributed by atoms with E-state index in [9.17, 15) is 4.79 Å². The number of anilines is 2. The number of piperidine rings is 1. The van der Waals surface area contributed by atoms with Crippen molar-refractivity contribution in [2.24, 2.45) is 20.9 Å². The second kappa shape index (κ2) is 9.07. The van der Waals surface area contributed by atoms with Gasteiger partial charge in [-0.15, -0.1) is 0 Å². The normalized spacial score (nSPS) is 27.0. The number of Topliss-reactive ketones (excluding diaryl/α,β-unsaturated/α-hetero) is 1. The van der Waals surface area contributed by atoms with E-state index in [-0.39, 0.29) is 5.78 Å². The molecule has 2 unspecified atom stereocenters. The van der Waals surface area contributed by atoms with Crippen molar-refractivity contribution < 1.29 is 4.79 Å². The largest absolute Gasteiger partial charge is 0.356 e. The molecule has 178 valence electrons. The zero-order chi connectivity index (χ0) is 23.9. The quantitative estimate of drug-likeness (QED) is 0.716. The monoisotopic (exact) mass is 479 g/mol. The van der Waals surface area contributed by atoms with Crippen molar-refractivity contribution in [3.63, 3.8) is 0 Å². The molecule has 0 saturated carbocycles. The Kier molecular flexibility index (Phi) is 6.12. The van der Waals surface area contributed by atoms with Gasteiger partial charge in [0.15, 0.2) is 5.66 Å². The number of nitrogens with zero attached hydrogens (tertiary/aromatic N) is 6. The van der Waals surface area contributed by atoms with E-state index >= 15 is 0 Å². The molecule has 3 aliphatic heterocycles. The highest BCUT2D eigenvalue weighted by Gasteiger charge is 2.50. The lowest BCUT2D eigenvalue weighted by Crippen LogP contribution is -2.46. The standard InChI is InChI=1S/C25H30ClN7O/c1-16-20(8-10-23(29-16)33-13-11-17(12-14-33)32(2)3)30-22-6-4-5-18-21(34)9-7-19-24(26)27-15-28-25(18,19)31-22/h4,6-8,10,15,17-18H,5,9,11-14H2,1-3H3,(H,30,31). The Labute approximate surface area is 205 Å². The summed E-state index contributed by atoms with van der Waals surface area (Å²) in [4.78, 5) is 36.0. The van der Waals surface area contributed by atoms with Crippen LogP contribution in [0.25, 0.3) is 0 Å². The summed E-state index contributed by atoms with van der Waals surface area (Å²) in [5.41, 5.74) is 1.40. The molecule has 0 bridgehead atoms. The molecule has 1 aromatic rings. The predicted octanol–water partition coefficient (Wildman–Crippen LogP) is 3.58. The number of aryl methyl sites for hydroxylation is 1. The van der Waals surface area contributed by atoms with Gasteiger partial charge in [-0.3, -0.25) is 4.79 Å². The molecule has 4 heterocycles. The van der Waals surface area contributed by atoms with Gasteiger partial charge in [0, 0.05) is 31.1 Å². The van der Waals surface area contributed by atoms with Gasteiger partial charge in [-0.05, 0) is 58.5 Å². The van der Waals surface area contributed by atoms with Crippen LogP contribution in [0.1, 0.15) is 31.4 Å². The SMILES string of the molecule is Cc1nc(N2CCC(N(C)C)CC2)ccc1NC1=NC23N=CN=C(Cl)C2=CCC(=O)C3CC=C1. The van der Waals surface area contributed by atoms with E-state index in [4.69, 9.17) is 21.6 Å². The Bertz CT molecular complexity index is 1140. The van der Waals surface area contributed by atoms with Crippen molar-refractivity contribution in [3.8, 4) is 0 Å². The number of carbonyl (C=O) groups is 1. The fraction of sp³-hybridized carbons (Fsp3) is 0.480. The number of nitrogens with one attached hydrogen (secondary N) is 1. The van der Waals surface area contributed by atoms with Gasteiger partial charge in [0.25, 0.3) is 0 Å². The van der Waals surface area contributed by atoms with Crippen LogP contribution in [-0.2, 0) is 4.79 Å². The van der Waals surface area contributed by atoms with E-state index < -0.39 is 11.6 Å². The Hall–Kier alpha value is -2.84. The molecule has 1 aromatic heterocycles. The molecule has 4 aliphatic rings. The van der Waals surface area contributed by atoms with Crippen LogP contribution in [0.15, 0.2) is 50.9 Å². The highest BCUT2D eigenvalue weighted by atomic mass is 35.5. The molecule has 34 heavy (non-hydrogen) atoms. The fourth-order valence-corrected chi connectivity index (χ4v) is 5.47. The Morgan fingerprint density at radius 3 is 2.76 bits per heavy atom. The molecule has 0 radical (unpaired) electrons. The van der Waals surface area contributed by atoms with Crippen molar-refractivity contribution >= 4 is 46.2 Å². The smallest absolute Gasteiger partial charge is 0.192 e. The first-order chi connectivity index (χ1) is 16.4. The Morgan fingerprint density at radius 2 is 2.03 bits per heavy atom. The first kappa shape index (κ1) is 22.9. The number of aliphatic imine (C=N–C) groups is 3. The fourth-order valence-electron chi connectivity index (χ4n) is 5.21. The van der Waals surface area contributed by atoms with Crippen molar-refractivity contribution in [3.05, 3.63) is 41.6 Å². The van der Waals surface area contributed by atoms with Crippen molar-refractivity contribution in [2.75, 3.05) is 37.4 Å². The minimum Gasteiger partial charge on any atom is -0.356 e. The van der Waals surface area contributed by atoms with Gasteiger partial charge < -0.3 is 15.1 Å². The van der Waals surface area contributed by atoms with Gasteiger partial charge in [0.2, 0.25) is 0 Å². The Morgan fingerprint density at radius 1 is 1.24 bits per heavy atom. The number of carbonyl (C=O) groups excluding carboxylic acids is 1. The number of hydrogen-bond donors (Lipinski definition) is 1. The minimum atomic E-state index is -1.07. The van der Waals surface area contributed by atoms with Gasteiger partial charge in [0.1, 0.15) is 28.9 Å². The lowest BCUT2D eigenvalue weighted by atomic mass is 9.76. The number of hydrogen-bond acceptors (Lipinski definition) is 8. The van der Waals surface area contributed by atoms with Crippen LogP contribution in [0.3, 0.4) is 0 Å². The maximum Gasteiger partial charge on any atom is 0.192 e. The first-order valence-corrected chi connectivity index (χ1v) is 12.2. The van der Waals surface area contributed by atoms with Crippen LogP contribution in [0.5, 0.6) is 0 Å². The average Bonchev–Trinajstić information content (AvgIpc) is 3.00. The molecule has 1 N–H and O–H groups in total. The van der Waals surface area contributed by atoms with Crippen LogP contribution >= 0.6 is 11.6 Å². The zero-order valence-electron chi connectivity index (χ0n) is 19.8. The number of aromatic nitrogens is 1. The van der Waals surface area contributed by atoms with Gasteiger partial charge in [-0.2, -0.15) is 0 Å². The summed E-state index contributed by atoms with van der Waals surface area (Å²) in [6.45, 7) is 4.01. The summed E-state index contributed by atoms with van der Waals surface area (Å²) in [6.07, 6.45) is 10.3. The lowest BCUT2D eigenvalue weighted by Gasteiger charge is -2.38. The Balaban J connectivity index is 1.39. The van der Waals surface area contributed by atoms with E-state index in [0.29, 0.717) is 35.5 Å². The third kappa shape index (κ3) is 4.09. The molecule has 1 aliphatic carbocycles. The third-order valence-corrected chi connectivity index (χ3v) is 7.52. The molecule has 1 spiro atoms. The van der Waals surface area contributed by atoms with Crippen LogP contribution < -0.4 is 10.2 Å². The van der Waals surface area contributed by atoms with E-state index in [1.54, 1.807) is 0 Å². The summed E-state index contributed by atoms with van der Waals surface area (Å²) >= 11 is 6.41. The molecule has 5 rings (SSSR count). The van der Waals surface area contributed by atoms with Crippen molar-refractivity contribution in [1.82, 2.24) is 9.88 Å².